The van der Waals surface area contributed by atoms with E-state index in [4.69, 9.17) is 4.99 Å². The second-order valence-corrected chi connectivity index (χ2v) is 8.04. The Labute approximate surface area is 146 Å². The first kappa shape index (κ1) is 14.4. The quantitative estimate of drug-likeness (QED) is 0.751. The summed E-state index contributed by atoms with van der Waals surface area (Å²) in [5, 5.41) is 0.979. The molecular formula is C20H20N2OS. The highest BCUT2D eigenvalue weighted by Crippen LogP contribution is 2.44. The maximum absolute atomic E-state index is 13.1. The zero-order chi connectivity index (χ0) is 16.1. The number of rotatable bonds is 1. The maximum atomic E-state index is 13.1. The van der Waals surface area contributed by atoms with Gasteiger partial charge < -0.3 is 4.90 Å². The van der Waals surface area contributed by atoms with Crippen molar-refractivity contribution in [1.82, 2.24) is 0 Å². The number of aliphatic imine (C=N–C) groups is 1. The average Bonchev–Trinajstić information content (AvgIpc) is 2.95. The molecule has 1 fully saturated rings. The monoisotopic (exact) mass is 336 g/mol. The number of benzene rings is 1. The van der Waals surface area contributed by atoms with Gasteiger partial charge in [0, 0.05) is 29.4 Å². The van der Waals surface area contributed by atoms with Gasteiger partial charge in [-0.3, -0.25) is 4.79 Å². The highest BCUT2D eigenvalue weighted by Gasteiger charge is 2.37. The van der Waals surface area contributed by atoms with E-state index >= 15 is 0 Å². The normalized spacial score (nSPS) is 22.5. The molecule has 4 heteroatoms. The van der Waals surface area contributed by atoms with Crippen molar-refractivity contribution in [1.29, 1.82) is 0 Å². The Balaban J connectivity index is 1.63. The van der Waals surface area contributed by atoms with E-state index in [1.165, 1.54) is 29.0 Å². The van der Waals surface area contributed by atoms with Crippen LogP contribution in [0.5, 0.6) is 0 Å². The zero-order valence-electron chi connectivity index (χ0n) is 13.6. The zero-order valence-corrected chi connectivity index (χ0v) is 14.4. The highest BCUT2D eigenvalue weighted by atomic mass is 32.1. The van der Waals surface area contributed by atoms with Gasteiger partial charge in [-0.1, -0.05) is 18.2 Å². The van der Waals surface area contributed by atoms with Crippen LogP contribution in [0, 0.1) is 5.92 Å². The standard InChI is InChI=1S/C20H20N2OS/c23-19-13-10-11-22(14-6-2-1-3-7-14)17(12-13)21-20-18(19)15-8-4-5-9-16(15)24-20/h1-3,6-7,13H,4-5,8-12H2/t13-/m0/s1. The fourth-order valence-electron chi connectivity index (χ4n) is 4.27. The van der Waals surface area contributed by atoms with Gasteiger partial charge in [-0.2, -0.15) is 0 Å². The summed E-state index contributed by atoms with van der Waals surface area (Å²) in [5.74, 6) is 1.55. The first-order valence-corrected chi connectivity index (χ1v) is 9.72. The molecule has 5 rings (SSSR count). The summed E-state index contributed by atoms with van der Waals surface area (Å²) in [6.45, 7) is 0.885. The fraction of sp³-hybridized carbons (Fsp3) is 0.400. The first-order chi connectivity index (χ1) is 11.8. The van der Waals surface area contributed by atoms with Crippen molar-refractivity contribution < 1.29 is 4.79 Å². The molecule has 0 amide bonds. The molecule has 1 aromatic heterocycles. The number of piperidine rings is 1. The third kappa shape index (κ3) is 2.16. The SMILES string of the molecule is O=C1c2c(sc3c2CCCC3)N=C2C[C@@H]1CCN2c1ccccc1. The number of amidine groups is 1. The van der Waals surface area contributed by atoms with Crippen molar-refractivity contribution >= 4 is 33.6 Å². The lowest BCUT2D eigenvalue weighted by molar-refractivity contribution is 0.0916. The molecule has 2 bridgehead atoms. The summed E-state index contributed by atoms with van der Waals surface area (Å²) in [5.41, 5.74) is 3.49. The number of fused-ring (bicyclic) bond motifs is 5. The van der Waals surface area contributed by atoms with E-state index in [0.717, 1.165) is 48.6 Å². The Kier molecular flexibility index (Phi) is 3.33. The van der Waals surface area contributed by atoms with E-state index < -0.39 is 0 Å². The lowest BCUT2D eigenvalue weighted by Gasteiger charge is -2.33. The number of thiophene rings is 1. The molecule has 122 valence electrons. The second-order valence-electron chi connectivity index (χ2n) is 6.96. The predicted molar refractivity (Wildman–Crippen MR) is 98.9 cm³/mol. The van der Waals surface area contributed by atoms with Gasteiger partial charge in [-0.05, 0) is 49.8 Å². The van der Waals surface area contributed by atoms with Crippen molar-refractivity contribution in [3.8, 4) is 0 Å². The van der Waals surface area contributed by atoms with Gasteiger partial charge in [0.15, 0.2) is 5.78 Å². The Morgan fingerprint density at radius 2 is 1.96 bits per heavy atom. The van der Waals surface area contributed by atoms with Gasteiger partial charge >= 0.3 is 0 Å². The van der Waals surface area contributed by atoms with Crippen LogP contribution in [0.1, 0.15) is 46.5 Å². The number of anilines is 1. The molecule has 1 atom stereocenters. The van der Waals surface area contributed by atoms with Crippen LogP contribution in [0.25, 0.3) is 0 Å². The van der Waals surface area contributed by atoms with Crippen molar-refractivity contribution in [3.63, 3.8) is 0 Å². The number of ketones is 1. The summed E-state index contributed by atoms with van der Waals surface area (Å²) < 4.78 is 0. The molecule has 0 spiro atoms. The largest absolute Gasteiger partial charge is 0.330 e. The Morgan fingerprint density at radius 3 is 2.83 bits per heavy atom. The molecular weight excluding hydrogens is 316 g/mol. The predicted octanol–water partition coefficient (Wildman–Crippen LogP) is 4.77. The number of hydrogen-bond donors (Lipinski definition) is 0. The number of carbonyl (C=O) groups excluding carboxylic acids is 1. The number of hydrogen-bond acceptors (Lipinski definition) is 4. The summed E-state index contributed by atoms with van der Waals surface area (Å²) in [6.07, 6.45) is 6.35. The third-order valence-electron chi connectivity index (χ3n) is 5.51. The molecule has 2 aliphatic heterocycles. The smallest absolute Gasteiger partial charge is 0.169 e. The Bertz CT molecular complexity index is 837. The number of Topliss-reactive ketones (excluding diaryl/α,β-unsaturated/α-hetero) is 1. The molecule has 3 nitrogen and oxygen atoms in total. The summed E-state index contributed by atoms with van der Waals surface area (Å²) >= 11 is 1.77. The minimum absolute atomic E-state index is 0.116. The van der Waals surface area contributed by atoms with Crippen molar-refractivity contribution in [2.24, 2.45) is 10.9 Å². The summed E-state index contributed by atoms with van der Waals surface area (Å²) in [7, 11) is 0. The van der Waals surface area contributed by atoms with Crippen LogP contribution in [0.2, 0.25) is 0 Å². The molecule has 1 aliphatic carbocycles. The molecule has 0 N–H and O–H groups in total. The van der Waals surface area contributed by atoms with Crippen LogP contribution in [-0.2, 0) is 12.8 Å². The van der Waals surface area contributed by atoms with Crippen molar-refractivity contribution in [3.05, 3.63) is 46.3 Å². The molecule has 0 saturated carbocycles. The summed E-state index contributed by atoms with van der Waals surface area (Å²) in [6, 6.07) is 10.4. The van der Waals surface area contributed by atoms with Gasteiger partial charge in [0.25, 0.3) is 0 Å². The molecule has 24 heavy (non-hydrogen) atoms. The molecule has 3 heterocycles. The van der Waals surface area contributed by atoms with E-state index in [9.17, 15) is 4.79 Å². The molecule has 3 aliphatic rings. The van der Waals surface area contributed by atoms with Crippen molar-refractivity contribution in [2.75, 3.05) is 11.4 Å². The second kappa shape index (κ2) is 5.55. The van der Waals surface area contributed by atoms with Gasteiger partial charge in [0.05, 0.1) is 5.56 Å². The van der Waals surface area contributed by atoms with Crippen LogP contribution in [0.15, 0.2) is 35.3 Å². The highest BCUT2D eigenvalue weighted by molar-refractivity contribution is 7.16. The molecule has 2 aromatic rings. The van der Waals surface area contributed by atoms with E-state index in [0.29, 0.717) is 5.78 Å². The third-order valence-corrected chi connectivity index (χ3v) is 6.70. The minimum Gasteiger partial charge on any atom is -0.330 e. The van der Waals surface area contributed by atoms with Crippen LogP contribution < -0.4 is 4.90 Å². The number of para-hydroxylation sites is 1. The Hall–Kier alpha value is -1.94. The van der Waals surface area contributed by atoms with Crippen LogP contribution in [0.4, 0.5) is 10.7 Å². The van der Waals surface area contributed by atoms with E-state index in [2.05, 4.69) is 29.2 Å². The Morgan fingerprint density at radius 1 is 1.12 bits per heavy atom. The van der Waals surface area contributed by atoms with E-state index in [-0.39, 0.29) is 5.92 Å². The van der Waals surface area contributed by atoms with E-state index in [1.54, 1.807) is 11.3 Å². The number of aryl methyl sites for hydroxylation is 1. The van der Waals surface area contributed by atoms with Crippen LogP contribution in [0.3, 0.4) is 0 Å². The topological polar surface area (TPSA) is 32.7 Å². The molecule has 0 radical (unpaired) electrons. The van der Waals surface area contributed by atoms with Gasteiger partial charge in [-0.25, -0.2) is 4.99 Å². The lowest BCUT2D eigenvalue weighted by atomic mass is 9.85. The lowest BCUT2D eigenvalue weighted by Crippen LogP contribution is -2.40. The summed E-state index contributed by atoms with van der Waals surface area (Å²) in [4.78, 5) is 21.9. The number of nitrogens with zero attached hydrogens (tertiary/aromatic N) is 2. The van der Waals surface area contributed by atoms with Crippen molar-refractivity contribution in [2.45, 2.75) is 38.5 Å². The number of carbonyl (C=O) groups is 1. The fourth-order valence-corrected chi connectivity index (χ4v) is 5.55. The van der Waals surface area contributed by atoms with Crippen LogP contribution in [-0.4, -0.2) is 18.2 Å². The van der Waals surface area contributed by atoms with Crippen LogP contribution >= 0.6 is 11.3 Å². The molecule has 1 aromatic carbocycles. The van der Waals surface area contributed by atoms with E-state index in [1.807, 2.05) is 6.07 Å². The molecule has 1 saturated heterocycles. The van der Waals surface area contributed by atoms with Gasteiger partial charge in [-0.15, -0.1) is 11.3 Å². The maximum Gasteiger partial charge on any atom is 0.169 e. The molecule has 0 unspecified atom stereocenters. The van der Waals surface area contributed by atoms with Gasteiger partial charge in [0.2, 0.25) is 0 Å². The average molecular weight is 336 g/mol. The van der Waals surface area contributed by atoms with Gasteiger partial charge in [0.1, 0.15) is 10.8 Å². The minimum atomic E-state index is 0.116. The first-order valence-electron chi connectivity index (χ1n) is 8.90.